The number of rotatable bonds is 5. The van der Waals surface area contributed by atoms with Crippen LogP contribution in [-0.2, 0) is 12.8 Å². The van der Waals surface area contributed by atoms with Crippen LogP contribution in [0.3, 0.4) is 0 Å². The summed E-state index contributed by atoms with van der Waals surface area (Å²) in [6.07, 6.45) is 8.06. The van der Waals surface area contributed by atoms with Crippen LogP contribution in [0, 0.1) is 0 Å². The van der Waals surface area contributed by atoms with Crippen LogP contribution in [0.4, 0.5) is 0 Å². The molecule has 1 fully saturated rings. The molecule has 1 aliphatic carbocycles. The summed E-state index contributed by atoms with van der Waals surface area (Å²) in [7, 11) is 5.65. The SMILES string of the molecule is COc1cc(C2CCCCC2)c(OC)cc1CC1c2cc(O)c(Cl)cc2CCN1C. The maximum absolute atomic E-state index is 10.2. The van der Waals surface area contributed by atoms with Crippen LogP contribution in [0.5, 0.6) is 17.2 Å². The van der Waals surface area contributed by atoms with E-state index in [1.54, 1.807) is 14.2 Å². The number of fused-ring (bicyclic) bond motifs is 1. The van der Waals surface area contributed by atoms with Gasteiger partial charge in [-0.15, -0.1) is 0 Å². The van der Waals surface area contributed by atoms with Gasteiger partial charge in [-0.2, -0.15) is 0 Å². The highest BCUT2D eigenvalue weighted by atomic mass is 35.5. The first-order valence-electron chi connectivity index (χ1n) is 11.0. The molecule has 1 N–H and O–H groups in total. The molecular formula is C25H32ClNO3. The zero-order valence-electron chi connectivity index (χ0n) is 18.2. The van der Waals surface area contributed by atoms with Crippen molar-refractivity contribution < 1.29 is 14.6 Å². The van der Waals surface area contributed by atoms with E-state index in [4.69, 9.17) is 21.1 Å². The van der Waals surface area contributed by atoms with Crippen molar-refractivity contribution in [3.05, 3.63) is 51.5 Å². The van der Waals surface area contributed by atoms with E-state index in [1.807, 2.05) is 12.1 Å². The molecule has 0 spiro atoms. The molecule has 1 atom stereocenters. The number of methoxy groups -OCH3 is 2. The molecule has 0 radical (unpaired) electrons. The first-order valence-corrected chi connectivity index (χ1v) is 11.4. The van der Waals surface area contributed by atoms with Gasteiger partial charge in [0.15, 0.2) is 0 Å². The number of phenols is 1. The van der Waals surface area contributed by atoms with E-state index in [-0.39, 0.29) is 11.8 Å². The third kappa shape index (κ3) is 4.13. The number of ether oxygens (including phenoxy) is 2. The number of hydrogen-bond donors (Lipinski definition) is 1. The summed E-state index contributed by atoms with van der Waals surface area (Å²) < 4.78 is 11.7. The summed E-state index contributed by atoms with van der Waals surface area (Å²) in [4.78, 5) is 2.34. The van der Waals surface area contributed by atoms with Crippen LogP contribution in [0.25, 0.3) is 0 Å². The molecule has 2 aromatic rings. The molecule has 1 unspecified atom stereocenters. The van der Waals surface area contributed by atoms with E-state index in [9.17, 15) is 5.11 Å². The molecule has 0 saturated heterocycles. The number of benzene rings is 2. The van der Waals surface area contributed by atoms with E-state index in [1.165, 1.54) is 43.2 Å². The van der Waals surface area contributed by atoms with Crippen LogP contribution in [-0.4, -0.2) is 37.8 Å². The normalized spacial score (nSPS) is 20.1. The minimum atomic E-state index is 0.146. The summed E-state index contributed by atoms with van der Waals surface area (Å²) in [6, 6.07) is 8.26. The molecule has 4 nitrogen and oxygen atoms in total. The Morgan fingerprint density at radius 1 is 1.00 bits per heavy atom. The first-order chi connectivity index (χ1) is 14.5. The van der Waals surface area contributed by atoms with Crippen LogP contribution in [0.15, 0.2) is 24.3 Å². The number of aromatic hydroxyl groups is 1. The average molecular weight is 430 g/mol. The van der Waals surface area contributed by atoms with Gasteiger partial charge in [-0.3, -0.25) is 4.90 Å². The van der Waals surface area contributed by atoms with E-state index < -0.39 is 0 Å². The predicted molar refractivity (Wildman–Crippen MR) is 121 cm³/mol. The largest absolute Gasteiger partial charge is 0.506 e. The topological polar surface area (TPSA) is 41.9 Å². The van der Waals surface area contributed by atoms with Crippen molar-refractivity contribution in [2.75, 3.05) is 27.8 Å². The van der Waals surface area contributed by atoms with E-state index >= 15 is 0 Å². The van der Waals surface area contributed by atoms with Crippen LogP contribution >= 0.6 is 11.6 Å². The average Bonchev–Trinajstić information content (AvgIpc) is 2.77. The Morgan fingerprint density at radius 2 is 1.73 bits per heavy atom. The smallest absolute Gasteiger partial charge is 0.134 e. The van der Waals surface area contributed by atoms with E-state index in [0.717, 1.165) is 42.0 Å². The van der Waals surface area contributed by atoms with Gasteiger partial charge in [-0.1, -0.05) is 30.9 Å². The Bertz CT molecular complexity index is 908. The minimum absolute atomic E-state index is 0.146. The van der Waals surface area contributed by atoms with Crippen LogP contribution in [0.1, 0.15) is 66.3 Å². The second-order valence-corrected chi connectivity index (χ2v) is 9.10. The van der Waals surface area contributed by atoms with Crippen molar-refractivity contribution in [3.63, 3.8) is 0 Å². The number of halogens is 1. The summed E-state index contributed by atoms with van der Waals surface area (Å²) in [6.45, 7) is 0.957. The fraction of sp³-hybridized carbons (Fsp3) is 0.520. The third-order valence-corrected chi connectivity index (χ3v) is 7.23. The summed E-state index contributed by atoms with van der Waals surface area (Å²) in [5.41, 5.74) is 4.77. The lowest BCUT2D eigenvalue weighted by molar-refractivity contribution is 0.227. The molecule has 1 heterocycles. The van der Waals surface area contributed by atoms with Gasteiger partial charge in [0.1, 0.15) is 17.2 Å². The Morgan fingerprint density at radius 3 is 2.43 bits per heavy atom. The lowest BCUT2D eigenvalue weighted by Crippen LogP contribution is -2.33. The lowest BCUT2D eigenvalue weighted by atomic mass is 9.82. The summed E-state index contributed by atoms with van der Waals surface area (Å²) >= 11 is 6.17. The molecule has 1 saturated carbocycles. The second-order valence-electron chi connectivity index (χ2n) is 8.69. The van der Waals surface area contributed by atoms with Gasteiger partial charge in [-0.25, -0.2) is 0 Å². The van der Waals surface area contributed by atoms with Crippen LogP contribution < -0.4 is 9.47 Å². The Labute approximate surface area is 184 Å². The lowest BCUT2D eigenvalue weighted by Gasteiger charge is -2.35. The standard InChI is InChI=1S/C25H32ClNO3/c1-27-10-9-17-11-21(26)23(28)14-19(17)22(27)12-18-13-25(30-3)20(15-24(18)29-2)16-7-5-4-6-8-16/h11,13-16,22,28H,4-10,12H2,1-3H3. The van der Waals surface area contributed by atoms with Gasteiger partial charge >= 0.3 is 0 Å². The maximum Gasteiger partial charge on any atom is 0.134 e. The van der Waals surface area contributed by atoms with Crippen LogP contribution in [0.2, 0.25) is 5.02 Å². The van der Waals surface area contributed by atoms with Crippen molar-refractivity contribution in [1.82, 2.24) is 4.90 Å². The van der Waals surface area contributed by atoms with Gasteiger partial charge in [0.05, 0.1) is 19.2 Å². The Kier molecular flexibility index (Phi) is 6.45. The quantitative estimate of drug-likeness (QED) is 0.644. The minimum Gasteiger partial charge on any atom is -0.506 e. The summed E-state index contributed by atoms with van der Waals surface area (Å²) in [5, 5.41) is 10.6. The van der Waals surface area contributed by atoms with Gasteiger partial charge in [0.2, 0.25) is 0 Å². The van der Waals surface area contributed by atoms with Crippen molar-refractivity contribution >= 4 is 11.6 Å². The van der Waals surface area contributed by atoms with Gasteiger partial charge in [0.25, 0.3) is 0 Å². The fourth-order valence-corrected chi connectivity index (χ4v) is 5.37. The number of likely N-dealkylation sites (N-methyl/N-ethyl adjacent to an activating group) is 1. The molecule has 2 aliphatic rings. The molecule has 0 amide bonds. The molecule has 2 aromatic carbocycles. The van der Waals surface area contributed by atoms with E-state index in [0.29, 0.717) is 10.9 Å². The number of nitrogens with zero attached hydrogens (tertiary/aromatic N) is 1. The Balaban J connectivity index is 1.70. The van der Waals surface area contributed by atoms with Crippen molar-refractivity contribution in [3.8, 4) is 17.2 Å². The highest BCUT2D eigenvalue weighted by Gasteiger charge is 2.28. The molecule has 30 heavy (non-hydrogen) atoms. The van der Waals surface area contributed by atoms with E-state index in [2.05, 4.69) is 24.1 Å². The molecule has 162 valence electrons. The first kappa shape index (κ1) is 21.3. The van der Waals surface area contributed by atoms with Crippen molar-refractivity contribution in [2.45, 2.75) is 56.9 Å². The molecule has 0 aromatic heterocycles. The maximum atomic E-state index is 10.2. The molecule has 1 aliphatic heterocycles. The van der Waals surface area contributed by atoms with Crippen molar-refractivity contribution in [2.24, 2.45) is 0 Å². The third-order valence-electron chi connectivity index (χ3n) is 6.92. The second kappa shape index (κ2) is 9.07. The van der Waals surface area contributed by atoms with Crippen molar-refractivity contribution in [1.29, 1.82) is 0 Å². The zero-order chi connectivity index (χ0) is 21.3. The molecule has 0 bridgehead atoms. The summed E-state index contributed by atoms with van der Waals surface area (Å²) in [5.74, 6) is 2.59. The Hall–Kier alpha value is -1.91. The van der Waals surface area contributed by atoms with Gasteiger partial charge in [0, 0.05) is 18.2 Å². The zero-order valence-corrected chi connectivity index (χ0v) is 19.0. The van der Waals surface area contributed by atoms with Gasteiger partial charge < -0.3 is 14.6 Å². The molecule has 5 heteroatoms. The molecule has 4 rings (SSSR count). The monoisotopic (exact) mass is 429 g/mol. The van der Waals surface area contributed by atoms with Gasteiger partial charge in [-0.05, 0) is 79.6 Å². The fourth-order valence-electron chi connectivity index (χ4n) is 5.19. The number of hydrogen-bond acceptors (Lipinski definition) is 4. The highest BCUT2D eigenvalue weighted by Crippen LogP contribution is 2.43. The molecular weight excluding hydrogens is 398 g/mol. The predicted octanol–water partition coefficient (Wildman–Crippen LogP) is 5.88. The highest BCUT2D eigenvalue weighted by molar-refractivity contribution is 6.32. The number of phenolic OH excluding ortho intramolecular Hbond substituents is 1.